The molecule has 0 unspecified atom stereocenters. The Labute approximate surface area is 135 Å². The Bertz CT molecular complexity index is 935. The third-order valence-corrected chi connectivity index (χ3v) is 4.56. The summed E-state index contributed by atoms with van der Waals surface area (Å²) in [7, 11) is 1.69. The lowest BCUT2D eigenvalue weighted by molar-refractivity contribution is -0.384. The minimum atomic E-state index is -0.425. The number of nitro benzene ring substituents is 1. The number of rotatable bonds is 4. The van der Waals surface area contributed by atoms with Crippen LogP contribution in [0.25, 0.3) is 10.9 Å². The van der Waals surface area contributed by atoms with Crippen LogP contribution in [-0.2, 0) is 12.8 Å². The molecule has 6 nitrogen and oxygen atoms in total. The van der Waals surface area contributed by atoms with Crippen LogP contribution in [-0.4, -0.2) is 14.5 Å². The Balaban J connectivity index is 1.85. The Kier molecular flexibility index (Phi) is 4.12. The van der Waals surface area contributed by atoms with Gasteiger partial charge in [0.1, 0.15) is 0 Å². The van der Waals surface area contributed by atoms with Gasteiger partial charge in [-0.2, -0.15) is 0 Å². The van der Waals surface area contributed by atoms with Crippen molar-refractivity contribution in [1.29, 1.82) is 0 Å². The number of non-ortho nitro benzene ring substituents is 1. The maximum Gasteiger partial charge on any atom is 0.269 e. The van der Waals surface area contributed by atoms with Gasteiger partial charge in [0.15, 0.2) is 5.16 Å². The highest BCUT2D eigenvalue weighted by atomic mass is 32.2. The SMILES string of the molecule is Cn1c(SCc2ccc([N+](=O)[O-])cc2)nc2ccccc2c1=O. The molecule has 0 fully saturated rings. The quantitative estimate of drug-likeness (QED) is 0.318. The van der Waals surface area contributed by atoms with E-state index in [-0.39, 0.29) is 11.2 Å². The molecule has 0 N–H and O–H groups in total. The highest BCUT2D eigenvalue weighted by Crippen LogP contribution is 2.22. The predicted octanol–water partition coefficient (Wildman–Crippen LogP) is 3.13. The largest absolute Gasteiger partial charge is 0.290 e. The summed E-state index contributed by atoms with van der Waals surface area (Å²) >= 11 is 1.43. The van der Waals surface area contributed by atoms with Gasteiger partial charge in [-0.1, -0.05) is 36.0 Å². The van der Waals surface area contributed by atoms with E-state index in [1.807, 2.05) is 18.2 Å². The van der Waals surface area contributed by atoms with Gasteiger partial charge in [-0.3, -0.25) is 19.5 Å². The van der Waals surface area contributed by atoms with Crippen molar-refractivity contribution in [2.75, 3.05) is 0 Å². The Hall–Kier alpha value is -2.67. The molecule has 3 rings (SSSR count). The van der Waals surface area contributed by atoms with Crippen molar-refractivity contribution < 1.29 is 4.92 Å². The summed E-state index contributed by atoms with van der Waals surface area (Å²) in [5.41, 5.74) is 1.58. The van der Waals surface area contributed by atoms with Crippen molar-refractivity contribution in [3.8, 4) is 0 Å². The zero-order valence-electron chi connectivity index (χ0n) is 12.3. The average Bonchev–Trinajstić information content (AvgIpc) is 2.57. The lowest BCUT2D eigenvalue weighted by Gasteiger charge is -2.08. The van der Waals surface area contributed by atoms with Crippen LogP contribution in [0.5, 0.6) is 0 Å². The number of hydrogen-bond donors (Lipinski definition) is 0. The third kappa shape index (κ3) is 3.09. The number of benzene rings is 2. The maximum atomic E-state index is 12.3. The standard InChI is InChI=1S/C16H13N3O3S/c1-18-15(20)13-4-2-3-5-14(13)17-16(18)23-10-11-6-8-12(9-7-11)19(21)22/h2-9H,10H2,1H3. The molecule has 0 spiro atoms. The second-order valence-corrected chi connectivity index (χ2v) is 5.93. The number of nitrogens with zero attached hydrogens (tertiary/aromatic N) is 3. The summed E-state index contributed by atoms with van der Waals surface area (Å²) in [6, 6.07) is 13.6. The molecule has 0 bridgehead atoms. The molecule has 0 aliphatic carbocycles. The Morgan fingerprint density at radius 2 is 1.87 bits per heavy atom. The van der Waals surface area contributed by atoms with Crippen molar-refractivity contribution in [1.82, 2.24) is 9.55 Å². The Morgan fingerprint density at radius 1 is 1.17 bits per heavy atom. The van der Waals surface area contributed by atoms with E-state index in [1.54, 1.807) is 25.2 Å². The number of nitro groups is 1. The number of hydrogen-bond acceptors (Lipinski definition) is 5. The minimum absolute atomic E-state index is 0.0648. The molecule has 0 radical (unpaired) electrons. The molecule has 0 amide bonds. The highest BCUT2D eigenvalue weighted by Gasteiger charge is 2.09. The van der Waals surface area contributed by atoms with Crippen molar-refractivity contribution >= 4 is 28.4 Å². The van der Waals surface area contributed by atoms with Gasteiger partial charge in [0, 0.05) is 24.9 Å². The van der Waals surface area contributed by atoms with Crippen LogP contribution >= 0.6 is 11.8 Å². The number of fused-ring (bicyclic) bond motifs is 1. The van der Waals surface area contributed by atoms with Crippen LogP contribution in [0.1, 0.15) is 5.56 Å². The molecule has 116 valence electrons. The van der Waals surface area contributed by atoms with Crippen molar-refractivity contribution in [3.63, 3.8) is 0 Å². The molecular formula is C16H13N3O3S. The fourth-order valence-electron chi connectivity index (χ4n) is 2.19. The van der Waals surface area contributed by atoms with Gasteiger partial charge < -0.3 is 0 Å². The molecule has 0 atom stereocenters. The Morgan fingerprint density at radius 3 is 2.57 bits per heavy atom. The zero-order valence-corrected chi connectivity index (χ0v) is 13.1. The summed E-state index contributed by atoms with van der Waals surface area (Å²) in [6.45, 7) is 0. The molecule has 0 aliphatic rings. The van der Waals surface area contributed by atoms with Gasteiger partial charge >= 0.3 is 0 Å². The van der Waals surface area contributed by atoms with Crippen molar-refractivity contribution in [2.45, 2.75) is 10.9 Å². The van der Waals surface area contributed by atoms with Gasteiger partial charge in [-0.15, -0.1) is 0 Å². The van der Waals surface area contributed by atoms with Gasteiger partial charge in [0.2, 0.25) is 0 Å². The molecular weight excluding hydrogens is 314 g/mol. The van der Waals surface area contributed by atoms with E-state index in [0.29, 0.717) is 21.8 Å². The lowest BCUT2D eigenvalue weighted by Crippen LogP contribution is -2.19. The summed E-state index contributed by atoms with van der Waals surface area (Å²) in [5.74, 6) is 0.580. The van der Waals surface area contributed by atoms with E-state index < -0.39 is 4.92 Å². The van der Waals surface area contributed by atoms with Gasteiger partial charge in [0.25, 0.3) is 11.2 Å². The van der Waals surface area contributed by atoms with E-state index in [1.165, 1.54) is 28.5 Å². The molecule has 0 aliphatic heterocycles. The molecule has 0 saturated carbocycles. The van der Waals surface area contributed by atoms with Crippen molar-refractivity contribution in [2.24, 2.45) is 7.05 Å². The first-order valence-corrected chi connectivity index (χ1v) is 7.87. The second kappa shape index (κ2) is 6.21. The minimum Gasteiger partial charge on any atom is -0.290 e. The molecule has 23 heavy (non-hydrogen) atoms. The molecule has 2 aromatic carbocycles. The van der Waals surface area contributed by atoms with Crippen LogP contribution in [0.15, 0.2) is 58.5 Å². The van der Waals surface area contributed by atoms with E-state index in [4.69, 9.17) is 0 Å². The normalized spacial score (nSPS) is 10.8. The van der Waals surface area contributed by atoms with Crippen molar-refractivity contribution in [3.05, 3.63) is 74.6 Å². The smallest absolute Gasteiger partial charge is 0.269 e. The number of para-hydroxylation sites is 1. The zero-order chi connectivity index (χ0) is 16.4. The summed E-state index contributed by atoms with van der Waals surface area (Å²) < 4.78 is 1.53. The average molecular weight is 327 g/mol. The van der Waals surface area contributed by atoms with E-state index in [0.717, 1.165) is 5.56 Å². The van der Waals surface area contributed by atoms with Crippen LogP contribution in [0, 0.1) is 10.1 Å². The van der Waals surface area contributed by atoms with Gasteiger partial charge in [-0.25, -0.2) is 4.98 Å². The van der Waals surface area contributed by atoms with Gasteiger partial charge in [0.05, 0.1) is 15.8 Å². The second-order valence-electron chi connectivity index (χ2n) is 4.99. The maximum absolute atomic E-state index is 12.3. The monoisotopic (exact) mass is 327 g/mol. The van der Waals surface area contributed by atoms with Crippen LogP contribution < -0.4 is 5.56 Å². The fraction of sp³-hybridized carbons (Fsp3) is 0.125. The number of thioether (sulfide) groups is 1. The van der Waals surface area contributed by atoms with E-state index in [9.17, 15) is 14.9 Å². The van der Waals surface area contributed by atoms with E-state index >= 15 is 0 Å². The predicted molar refractivity (Wildman–Crippen MR) is 89.6 cm³/mol. The van der Waals surface area contributed by atoms with E-state index in [2.05, 4.69) is 4.98 Å². The van der Waals surface area contributed by atoms with Crippen LogP contribution in [0.2, 0.25) is 0 Å². The van der Waals surface area contributed by atoms with Crippen LogP contribution in [0.4, 0.5) is 5.69 Å². The van der Waals surface area contributed by atoms with Crippen LogP contribution in [0.3, 0.4) is 0 Å². The third-order valence-electron chi connectivity index (χ3n) is 3.46. The topological polar surface area (TPSA) is 78.0 Å². The molecule has 0 saturated heterocycles. The summed E-state index contributed by atoms with van der Waals surface area (Å²) in [4.78, 5) is 27.1. The molecule has 7 heteroatoms. The van der Waals surface area contributed by atoms with Gasteiger partial charge in [-0.05, 0) is 17.7 Å². The first-order chi connectivity index (χ1) is 11.1. The first-order valence-electron chi connectivity index (χ1n) is 6.88. The molecule has 1 heterocycles. The first kappa shape index (κ1) is 15.2. The molecule has 1 aromatic heterocycles. The number of aromatic nitrogens is 2. The molecule has 3 aromatic rings. The lowest BCUT2D eigenvalue weighted by atomic mass is 10.2. The summed E-state index contributed by atoms with van der Waals surface area (Å²) in [5, 5.41) is 11.9. The summed E-state index contributed by atoms with van der Waals surface area (Å²) in [6.07, 6.45) is 0. The fourth-order valence-corrected chi connectivity index (χ4v) is 3.12. The highest BCUT2D eigenvalue weighted by molar-refractivity contribution is 7.98.